The van der Waals surface area contributed by atoms with Crippen molar-refractivity contribution in [2.24, 2.45) is 0 Å². The maximum Gasteiger partial charge on any atom is -0.00915 e. The highest BCUT2D eigenvalue weighted by molar-refractivity contribution is 5.14. The van der Waals surface area contributed by atoms with Crippen LogP contribution >= 0.6 is 0 Å². The van der Waals surface area contributed by atoms with Gasteiger partial charge in [-0.3, -0.25) is 0 Å². The lowest BCUT2D eigenvalue weighted by atomic mass is 10.2. The molecule has 0 atom stereocenters. The molecule has 0 heterocycles. The molecule has 0 aromatic rings. The number of hydrogen-bond acceptors (Lipinski definition) is 0. The second-order valence-corrected chi connectivity index (χ2v) is 2.48. The maximum atomic E-state index is 3.15. The first-order chi connectivity index (χ1) is 6.00. The van der Waals surface area contributed by atoms with E-state index < -0.39 is 0 Å². The van der Waals surface area contributed by atoms with Gasteiger partial charge < -0.3 is 0 Å². The van der Waals surface area contributed by atoms with Crippen molar-refractivity contribution in [3.8, 4) is 0 Å². The van der Waals surface area contributed by atoms with Gasteiger partial charge in [-0.25, -0.2) is 0 Å². The Labute approximate surface area is 74.3 Å². The van der Waals surface area contributed by atoms with Gasteiger partial charge in [-0.15, -0.1) is 0 Å². The van der Waals surface area contributed by atoms with Crippen molar-refractivity contribution in [2.75, 3.05) is 0 Å². The molecular weight excluding hydrogens is 144 g/mol. The lowest BCUT2D eigenvalue weighted by Gasteiger charge is -1.82. The van der Waals surface area contributed by atoms with E-state index in [-0.39, 0.29) is 0 Å². The molecule has 0 N–H and O–H groups in total. The number of allylic oxidation sites excluding steroid dienone is 10. The van der Waals surface area contributed by atoms with E-state index in [1.807, 2.05) is 30.4 Å². The first-order valence-corrected chi connectivity index (χ1v) is 4.20. The summed E-state index contributed by atoms with van der Waals surface area (Å²) in [5.74, 6) is 0. The molecule has 1 aliphatic rings. The van der Waals surface area contributed by atoms with E-state index in [1.54, 1.807) is 0 Å². The molecule has 0 heteroatoms. The quantitative estimate of drug-likeness (QED) is 0.505. The molecule has 12 heavy (non-hydrogen) atoms. The third-order valence-electron chi connectivity index (χ3n) is 1.46. The van der Waals surface area contributed by atoms with Crippen LogP contribution in [0, 0.1) is 6.08 Å². The number of rotatable bonds is 0. The molecular formula is C12H13. The first kappa shape index (κ1) is 8.79. The summed E-state index contributed by atoms with van der Waals surface area (Å²) >= 11 is 0. The average molecular weight is 157 g/mol. The third kappa shape index (κ3) is 4.51. The second-order valence-electron chi connectivity index (χ2n) is 2.48. The third-order valence-corrected chi connectivity index (χ3v) is 1.46. The Morgan fingerprint density at radius 3 is 2.42 bits per heavy atom. The topological polar surface area (TPSA) is 0 Å². The molecule has 0 fully saturated rings. The van der Waals surface area contributed by atoms with Gasteiger partial charge in [-0.05, 0) is 18.9 Å². The molecule has 0 saturated heterocycles. The Balaban J connectivity index is 2.55. The van der Waals surface area contributed by atoms with Crippen LogP contribution < -0.4 is 0 Å². The summed E-state index contributed by atoms with van der Waals surface area (Å²) < 4.78 is 0. The smallest absolute Gasteiger partial charge is 0.00915 e. The van der Waals surface area contributed by atoms with Crippen LogP contribution in [0.2, 0.25) is 0 Å². The van der Waals surface area contributed by atoms with Crippen LogP contribution in [-0.2, 0) is 0 Å². The van der Waals surface area contributed by atoms with Crippen LogP contribution in [0.5, 0.6) is 0 Å². The highest BCUT2D eigenvalue weighted by Crippen LogP contribution is 1.92. The Kier molecular flexibility index (Phi) is 4.70. The zero-order chi connectivity index (χ0) is 8.49. The fourth-order valence-corrected chi connectivity index (χ4v) is 0.861. The molecule has 0 amide bonds. The van der Waals surface area contributed by atoms with Gasteiger partial charge >= 0.3 is 0 Å². The molecule has 1 radical (unpaired) electrons. The molecule has 0 aromatic heterocycles. The van der Waals surface area contributed by atoms with Gasteiger partial charge in [-0.2, -0.15) is 0 Å². The van der Waals surface area contributed by atoms with Gasteiger partial charge in [0.25, 0.3) is 0 Å². The van der Waals surface area contributed by atoms with Crippen molar-refractivity contribution in [3.63, 3.8) is 0 Å². The summed E-state index contributed by atoms with van der Waals surface area (Å²) in [7, 11) is 0. The van der Waals surface area contributed by atoms with E-state index in [0.29, 0.717) is 0 Å². The summed E-state index contributed by atoms with van der Waals surface area (Å²) in [4.78, 5) is 0. The Morgan fingerprint density at radius 1 is 0.750 bits per heavy atom. The minimum absolute atomic E-state index is 0.887. The number of hydrogen-bond donors (Lipinski definition) is 0. The molecule has 1 aliphatic carbocycles. The van der Waals surface area contributed by atoms with Crippen LogP contribution in [0.25, 0.3) is 0 Å². The molecule has 0 saturated carbocycles. The van der Waals surface area contributed by atoms with Crippen molar-refractivity contribution in [2.45, 2.75) is 12.8 Å². The lowest BCUT2D eigenvalue weighted by Crippen LogP contribution is -1.62. The molecule has 61 valence electrons. The van der Waals surface area contributed by atoms with Gasteiger partial charge in [0, 0.05) is 0 Å². The van der Waals surface area contributed by atoms with E-state index in [0.717, 1.165) is 12.8 Å². The van der Waals surface area contributed by atoms with Crippen LogP contribution in [0.1, 0.15) is 12.8 Å². The monoisotopic (exact) mass is 157 g/mol. The van der Waals surface area contributed by atoms with E-state index in [1.165, 1.54) is 0 Å². The van der Waals surface area contributed by atoms with Crippen LogP contribution in [0.4, 0.5) is 0 Å². The summed E-state index contributed by atoms with van der Waals surface area (Å²) in [5, 5.41) is 0. The summed E-state index contributed by atoms with van der Waals surface area (Å²) in [6, 6.07) is 0. The highest BCUT2D eigenvalue weighted by atomic mass is 13.8. The molecule has 1 rings (SSSR count). The zero-order valence-corrected chi connectivity index (χ0v) is 7.11. The predicted molar refractivity (Wildman–Crippen MR) is 53.6 cm³/mol. The fourth-order valence-electron chi connectivity index (χ4n) is 0.861. The first-order valence-electron chi connectivity index (χ1n) is 4.20. The molecule has 0 nitrogen and oxygen atoms in total. The molecule has 0 aliphatic heterocycles. The normalized spacial score (nSPS) is 30.7. The van der Waals surface area contributed by atoms with Crippen molar-refractivity contribution in [1.29, 1.82) is 0 Å². The molecule has 0 spiro atoms. The SMILES string of the molecule is [C]1=C/C=C\C/C=C/C=C\C=C\C/1. The van der Waals surface area contributed by atoms with E-state index in [9.17, 15) is 0 Å². The summed E-state index contributed by atoms with van der Waals surface area (Å²) in [6.07, 6.45) is 23.5. The Bertz CT molecular complexity index is 211. The van der Waals surface area contributed by atoms with Gasteiger partial charge in [-0.1, -0.05) is 54.7 Å². The van der Waals surface area contributed by atoms with Gasteiger partial charge in [0.1, 0.15) is 0 Å². The Hall–Kier alpha value is -1.30. The molecule has 0 bridgehead atoms. The zero-order valence-electron chi connectivity index (χ0n) is 7.11. The second kappa shape index (κ2) is 6.41. The van der Waals surface area contributed by atoms with Crippen LogP contribution in [-0.4, -0.2) is 0 Å². The van der Waals surface area contributed by atoms with Gasteiger partial charge in [0.15, 0.2) is 0 Å². The van der Waals surface area contributed by atoms with E-state index in [2.05, 4.69) is 30.4 Å². The minimum atomic E-state index is 0.887. The summed E-state index contributed by atoms with van der Waals surface area (Å²) in [6.45, 7) is 0. The van der Waals surface area contributed by atoms with Gasteiger partial charge in [0.05, 0.1) is 0 Å². The van der Waals surface area contributed by atoms with Crippen molar-refractivity contribution >= 4 is 0 Å². The van der Waals surface area contributed by atoms with Crippen LogP contribution in [0.3, 0.4) is 0 Å². The maximum absolute atomic E-state index is 3.15. The fraction of sp³-hybridized carbons (Fsp3) is 0.167. The Morgan fingerprint density at radius 2 is 1.50 bits per heavy atom. The average Bonchev–Trinajstić information content (AvgIpc) is 2.05. The summed E-state index contributed by atoms with van der Waals surface area (Å²) in [5.41, 5.74) is 0. The molecule has 0 aromatic carbocycles. The molecule has 0 unspecified atom stereocenters. The predicted octanol–water partition coefficient (Wildman–Crippen LogP) is 3.36. The van der Waals surface area contributed by atoms with Gasteiger partial charge in [0.2, 0.25) is 0 Å². The van der Waals surface area contributed by atoms with Crippen molar-refractivity contribution in [1.82, 2.24) is 0 Å². The van der Waals surface area contributed by atoms with E-state index >= 15 is 0 Å². The minimum Gasteiger partial charge on any atom is -0.0807 e. The largest absolute Gasteiger partial charge is 0.0807 e. The van der Waals surface area contributed by atoms with Crippen molar-refractivity contribution < 1.29 is 0 Å². The van der Waals surface area contributed by atoms with Crippen molar-refractivity contribution in [3.05, 3.63) is 60.8 Å². The lowest BCUT2D eigenvalue weighted by molar-refractivity contribution is 1.33. The van der Waals surface area contributed by atoms with E-state index in [4.69, 9.17) is 0 Å². The standard InChI is InChI=1S/C12H13/c1-2-4-6-8-10-12-11-9-7-5-3-1/h1-6,9,11-12H,7-8H2/b2-1-,5-3+,6-4+,11-9-,12-10?. The highest BCUT2D eigenvalue weighted by Gasteiger charge is 1.72. The van der Waals surface area contributed by atoms with Crippen LogP contribution in [0.15, 0.2) is 54.7 Å².